The maximum atomic E-state index is 12.8. The van der Waals surface area contributed by atoms with Crippen molar-refractivity contribution in [2.45, 2.75) is 31.6 Å². The van der Waals surface area contributed by atoms with Gasteiger partial charge < -0.3 is 15.0 Å². The molecule has 1 fully saturated rings. The van der Waals surface area contributed by atoms with Crippen LogP contribution in [0.15, 0.2) is 59.4 Å². The number of methoxy groups -OCH3 is 1. The molecule has 5 rings (SSSR count). The molecule has 0 spiro atoms. The topological polar surface area (TPSA) is 99.9 Å². The van der Waals surface area contributed by atoms with Crippen molar-refractivity contribution in [3.05, 3.63) is 76.1 Å². The standard InChI is InChI=1S/C25H24N4O3/c1-32-18-8-6-17(7-9-18)21-13-23(30)19-11-15(5-10-20(19)26-21)12-25(31)27-24-14-22(28-29-24)16-3-2-4-16/h5-11,13-14,16H,2-4,12H2,1H3,(H,26,30)(H2,27,28,29,31). The van der Waals surface area contributed by atoms with Crippen molar-refractivity contribution in [3.8, 4) is 17.0 Å². The normalized spacial score (nSPS) is 13.7. The number of carbonyl (C=O) groups is 1. The van der Waals surface area contributed by atoms with Crippen LogP contribution < -0.4 is 15.5 Å². The Labute approximate surface area is 184 Å². The summed E-state index contributed by atoms with van der Waals surface area (Å²) in [6.07, 6.45) is 3.75. The monoisotopic (exact) mass is 428 g/mol. The number of aromatic nitrogens is 3. The predicted octanol–water partition coefficient (Wildman–Crippen LogP) is 4.38. The fraction of sp³-hybridized carbons (Fsp3) is 0.240. The fourth-order valence-electron chi connectivity index (χ4n) is 4.03. The lowest BCUT2D eigenvalue weighted by Gasteiger charge is -2.23. The number of fused-ring (bicyclic) bond motifs is 1. The van der Waals surface area contributed by atoms with Crippen LogP contribution in [-0.4, -0.2) is 28.2 Å². The van der Waals surface area contributed by atoms with Crippen LogP contribution in [0.1, 0.15) is 36.4 Å². The second kappa shape index (κ2) is 8.34. The van der Waals surface area contributed by atoms with E-state index in [2.05, 4.69) is 20.5 Å². The minimum absolute atomic E-state index is 0.0933. The molecule has 1 aliphatic rings. The largest absolute Gasteiger partial charge is 0.497 e. The molecule has 32 heavy (non-hydrogen) atoms. The van der Waals surface area contributed by atoms with Crippen molar-refractivity contribution >= 4 is 22.6 Å². The van der Waals surface area contributed by atoms with Gasteiger partial charge >= 0.3 is 0 Å². The van der Waals surface area contributed by atoms with Crippen molar-refractivity contribution in [1.29, 1.82) is 0 Å². The first kappa shape index (κ1) is 20.1. The average Bonchev–Trinajstić information content (AvgIpc) is 3.20. The summed E-state index contributed by atoms with van der Waals surface area (Å²) >= 11 is 0. The number of rotatable bonds is 6. The van der Waals surface area contributed by atoms with E-state index in [0.717, 1.165) is 33.8 Å². The van der Waals surface area contributed by atoms with E-state index >= 15 is 0 Å². The molecule has 2 aromatic carbocycles. The van der Waals surface area contributed by atoms with Crippen molar-refractivity contribution in [2.24, 2.45) is 0 Å². The minimum Gasteiger partial charge on any atom is -0.497 e. The number of benzene rings is 2. The Morgan fingerprint density at radius 1 is 1.12 bits per heavy atom. The summed E-state index contributed by atoms with van der Waals surface area (Å²) in [5.41, 5.74) is 4.11. The van der Waals surface area contributed by atoms with Crippen molar-refractivity contribution in [1.82, 2.24) is 15.2 Å². The molecule has 0 unspecified atom stereocenters. The number of hydrogen-bond acceptors (Lipinski definition) is 4. The molecule has 4 aromatic rings. The predicted molar refractivity (Wildman–Crippen MR) is 124 cm³/mol. The highest BCUT2D eigenvalue weighted by atomic mass is 16.5. The summed E-state index contributed by atoms with van der Waals surface area (Å²) in [6, 6.07) is 16.5. The van der Waals surface area contributed by atoms with Crippen molar-refractivity contribution in [3.63, 3.8) is 0 Å². The quantitative estimate of drug-likeness (QED) is 0.424. The van der Waals surface area contributed by atoms with E-state index in [-0.39, 0.29) is 17.8 Å². The molecule has 1 aliphatic carbocycles. The zero-order chi connectivity index (χ0) is 22.1. The number of ether oxygens (including phenoxy) is 1. The van der Waals surface area contributed by atoms with E-state index in [4.69, 9.17) is 4.74 Å². The number of amides is 1. The molecule has 162 valence electrons. The molecule has 1 amide bonds. The van der Waals surface area contributed by atoms with Crippen LogP contribution in [0.3, 0.4) is 0 Å². The van der Waals surface area contributed by atoms with E-state index < -0.39 is 0 Å². The molecule has 3 N–H and O–H groups in total. The molecule has 0 saturated heterocycles. The van der Waals surface area contributed by atoms with Gasteiger partial charge in [-0.15, -0.1) is 0 Å². The lowest BCUT2D eigenvalue weighted by Crippen LogP contribution is -2.15. The number of H-pyrrole nitrogens is 2. The third kappa shape index (κ3) is 4.01. The van der Waals surface area contributed by atoms with Gasteiger partial charge in [-0.05, 0) is 60.4 Å². The molecular formula is C25H24N4O3. The molecule has 0 radical (unpaired) electrons. The Hall–Kier alpha value is -3.87. The van der Waals surface area contributed by atoms with Gasteiger partial charge in [-0.3, -0.25) is 14.7 Å². The second-order valence-corrected chi connectivity index (χ2v) is 8.22. The number of aromatic amines is 2. The van der Waals surface area contributed by atoms with Crippen molar-refractivity contribution < 1.29 is 9.53 Å². The SMILES string of the molecule is COc1ccc(-c2cc(=O)c3cc(CC(=O)Nc4cc(C5CCC5)[nH]n4)ccc3[nH]2)cc1. The first-order valence-electron chi connectivity index (χ1n) is 10.7. The van der Waals surface area contributed by atoms with Crippen LogP contribution in [0.5, 0.6) is 5.75 Å². The third-order valence-electron chi connectivity index (χ3n) is 6.07. The lowest BCUT2D eigenvalue weighted by atomic mass is 9.83. The lowest BCUT2D eigenvalue weighted by molar-refractivity contribution is -0.115. The highest BCUT2D eigenvalue weighted by Gasteiger charge is 2.21. The summed E-state index contributed by atoms with van der Waals surface area (Å²) in [5, 5.41) is 10.6. The number of pyridine rings is 1. The summed E-state index contributed by atoms with van der Waals surface area (Å²) in [7, 11) is 1.62. The molecule has 0 bridgehead atoms. The molecule has 0 atom stereocenters. The van der Waals surface area contributed by atoms with Crippen LogP contribution in [0.4, 0.5) is 5.82 Å². The fourth-order valence-corrected chi connectivity index (χ4v) is 4.03. The van der Waals surface area contributed by atoms with Gasteiger partial charge in [-0.25, -0.2) is 0 Å². The Balaban J connectivity index is 1.32. The van der Waals surface area contributed by atoms with Gasteiger partial charge in [0, 0.05) is 40.3 Å². The number of nitrogens with one attached hydrogen (secondary N) is 3. The maximum absolute atomic E-state index is 12.8. The zero-order valence-corrected chi connectivity index (χ0v) is 17.8. The number of nitrogens with zero attached hydrogens (tertiary/aromatic N) is 1. The maximum Gasteiger partial charge on any atom is 0.229 e. The first-order chi connectivity index (χ1) is 15.6. The van der Waals surface area contributed by atoms with E-state index in [1.54, 1.807) is 19.2 Å². The zero-order valence-electron chi connectivity index (χ0n) is 17.8. The van der Waals surface area contributed by atoms with E-state index in [9.17, 15) is 9.59 Å². The Kier molecular flexibility index (Phi) is 5.23. The van der Waals surface area contributed by atoms with Gasteiger partial charge in [-0.1, -0.05) is 12.5 Å². The van der Waals surface area contributed by atoms with Crippen LogP contribution in [0.25, 0.3) is 22.2 Å². The summed E-state index contributed by atoms with van der Waals surface area (Å²) in [6.45, 7) is 0. The van der Waals surface area contributed by atoms with Gasteiger partial charge in [0.05, 0.1) is 13.5 Å². The molecular weight excluding hydrogens is 404 g/mol. The second-order valence-electron chi connectivity index (χ2n) is 8.22. The Bertz CT molecular complexity index is 1330. The Morgan fingerprint density at radius 3 is 2.66 bits per heavy atom. The molecule has 0 aliphatic heterocycles. The van der Waals surface area contributed by atoms with Crippen LogP contribution >= 0.6 is 0 Å². The molecule has 7 heteroatoms. The smallest absolute Gasteiger partial charge is 0.229 e. The molecule has 2 heterocycles. The minimum atomic E-state index is -0.165. The Morgan fingerprint density at radius 2 is 1.94 bits per heavy atom. The van der Waals surface area contributed by atoms with E-state index in [0.29, 0.717) is 17.1 Å². The number of carbonyl (C=O) groups excluding carboxylic acids is 1. The molecule has 2 aromatic heterocycles. The van der Waals surface area contributed by atoms with Crippen LogP contribution in [-0.2, 0) is 11.2 Å². The van der Waals surface area contributed by atoms with Crippen molar-refractivity contribution in [2.75, 3.05) is 12.4 Å². The van der Waals surface area contributed by atoms with Crippen LogP contribution in [0, 0.1) is 0 Å². The third-order valence-corrected chi connectivity index (χ3v) is 6.07. The van der Waals surface area contributed by atoms with Gasteiger partial charge in [0.2, 0.25) is 5.91 Å². The summed E-state index contributed by atoms with van der Waals surface area (Å²) in [5.74, 6) is 1.67. The number of hydrogen-bond donors (Lipinski definition) is 3. The van der Waals surface area contributed by atoms with Gasteiger partial charge in [0.15, 0.2) is 11.2 Å². The first-order valence-corrected chi connectivity index (χ1v) is 10.7. The van der Waals surface area contributed by atoms with Crippen LogP contribution in [0.2, 0.25) is 0 Å². The molecule has 1 saturated carbocycles. The number of anilines is 1. The average molecular weight is 428 g/mol. The summed E-state index contributed by atoms with van der Waals surface area (Å²) < 4.78 is 5.19. The summed E-state index contributed by atoms with van der Waals surface area (Å²) in [4.78, 5) is 28.6. The highest BCUT2D eigenvalue weighted by Crippen LogP contribution is 2.35. The van der Waals surface area contributed by atoms with Gasteiger partial charge in [0.1, 0.15) is 5.75 Å². The van der Waals surface area contributed by atoms with E-state index in [1.807, 2.05) is 42.5 Å². The van der Waals surface area contributed by atoms with E-state index in [1.165, 1.54) is 19.3 Å². The molecule has 7 nitrogen and oxygen atoms in total. The highest BCUT2D eigenvalue weighted by molar-refractivity contribution is 5.92. The van der Waals surface area contributed by atoms with Gasteiger partial charge in [-0.2, -0.15) is 5.10 Å². The van der Waals surface area contributed by atoms with Gasteiger partial charge in [0.25, 0.3) is 0 Å².